The molecule has 1 atom stereocenters. The number of nitrogens with zero attached hydrogens (tertiary/aromatic N) is 1. The van der Waals surface area contributed by atoms with E-state index in [2.05, 4.69) is 22.5 Å². The molecule has 1 heterocycles. The number of hydrogen-bond acceptors (Lipinski definition) is 3. The molecule has 2 aliphatic rings. The van der Waals surface area contributed by atoms with Crippen LogP contribution < -0.4 is 10.6 Å². The predicted molar refractivity (Wildman–Crippen MR) is 84.3 cm³/mol. The van der Waals surface area contributed by atoms with Gasteiger partial charge in [-0.1, -0.05) is 19.8 Å². The minimum atomic E-state index is -0.644. The predicted octanol–water partition coefficient (Wildman–Crippen LogP) is 1.86. The highest BCUT2D eigenvalue weighted by molar-refractivity contribution is 5.73. The third-order valence-electron chi connectivity index (χ3n) is 4.91. The number of nitrogens with one attached hydrogen (secondary N) is 2. The largest absolute Gasteiger partial charge is 0.388 e. The first-order valence-electron chi connectivity index (χ1n) is 8.61. The van der Waals surface area contributed by atoms with Crippen molar-refractivity contribution in [1.82, 2.24) is 15.5 Å². The van der Waals surface area contributed by atoms with Crippen molar-refractivity contribution in [2.75, 3.05) is 26.2 Å². The fourth-order valence-electron chi connectivity index (χ4n) is 3.23. The molecule has 1 aliphatic carbocycles. The lowest BCUT2D eigenvalue weighted by Gasteiger charge is -2.37. The molecular weight excluding hydrogens is 266 g/mol. The number of unbranched alkanes of at least 4 members (excludes halogenated alkanes) is 1. The topological polar surface area (TPSA) is 64.6 Å². The Morgan fingerprint density at radius 1 is 1.29 bits per heavy atom. The van der Waals surface area contributed by atoms with E-state index in [4.69, 9.17) is 0 Å². The molecule has 0 bridgehead atoms. The van der Waals surface area contributed by atoms with Gasteiger partial charge in [-0.25, -0.2) is 4.79 Å². The molecule has 3 N–H and O–H groups in total. The van der Waals surface area contributed by atoms with Crippen molar-refractivity contribution in [2.24, 2.45) is 0 Å². The van der Waals surface area contributed by atoms with Crippen LogP contribution in [0.15, 0.2) is 0 Å². The lowest BCUT2D eigenvalue weighted by Crippen LogP contribution is -2.52. The van der Waals surface area contributed by atoms with Crippen LogP contribution in [0, 0.1) is 0 Å². The molecule has 2 amide bonds. The quantitative estimate of drug-likeness (QED) is 0.672. The van der Waals surface area contributed by atoms with E-state index in [1.807, 2.05) is 0 Å². The molecule has 21 heavy (non-hydrogen) atoms. The number of piperidine rings is 1. The Labute approximate surface area is 128 Å². The van der Waals surface area contributed by atoms with Crippen LogP contribution in [-0.2, 0) is 0 Å². The minimum Gasteiger partial charge on any atom is -0.388 e. The average molecular weight is 297 g/mol. The van der Waals surface area contributed by atoms with Crippen molar-refractivity contribution in [3.63, 3.8) is 0 Å². The van der Waals surface area contributed by atoms with E-state index in [1.165, 1.54) is 32.1 Å². The molecule has 0 spiro atoms. The normalized spacial score (nSPS) is 25.1. The van der Waals surface area contributed by atoms with Crippen molar-refractivity contribution < 1.29 is 9.90 Å². The van der Waals surface area contributed by atoms with Crippen molar-refractivity contribution in [1.29, 1.82) is 0 Å². The summed E-state index contributed by atoms with van der Waals surface area (Å²) < 4.78 is 0. The van der Waals surface area contributed by atoms with Crippen molar-refractivity contribution in [2.45, 2.75) is 69.9 Å². The maximum absolute atomic E-state index is 11.8. The van der Waals surface area contributed by atoms with E-state index >= 15 is 0 Å². The summed E-state index contributed by atoms with van der Waals surface area (Å²) in [6.45, 7) is 5.62. The van der Waals surface area contributed by atoms with Crippen LogP contribution in [0.3, 0.4) is 0 Å². The first kappa shape index (κ1) is 16.6. The van der Waals surface area contributed by atoms with E-state index in [9.17, 15) is 9.90 Å². The van der Waals surface area contributed by atoms with Crippen LogP contribution >= 0.6 is 0 Å². The summed E-state index contributed by atoms with van der Waals surface area (Å²) in [5.41, 5.74) is -0.644. The van der Waals surface area contributed by atoms with E-state index in [1.54, 1.807) is 0 Å². The number of urea groups is 1. The summed E-state index contributed by atoms with van der Waals surface area (Å²) >= 11 is 0. The molecule has 2 rings (SSSR count). The highest BCUT2D eigenvalue weighted by Gasteiger charge is 2.34. The third-order valence-corrected chi connectivity index (χ3v) is 4.91. The summed E-state index contributed by atoms with van der Waals surface area (Å²) in [4.78, 5) is 14.4. The van der Waals surface area contributed by atoms with Crippen LogP contribution in [0.2, 0.25) is 0 Å². The molecule has 1 aliphatic heterocycles. The van der Waals surface area contributed by atoms with E-state index < -0.39 is 5.60 Å². The zero-order valence-electron chi connectivity index (χ0n) is 13.4. The monoisotopic (exact) mass is 297 g/mol. The highest BCUT2D eigenvalue weighted by atomic mass is 16.3. The van der Waals surface area contributed by atoms with Gasteiger partial charge in [-0.05, 0) is 51.6 Å². The molecule has 0 radical (unpaired) electrons. The van der Waals surface area contributed by atoms with Crippen LogP contribution in [0.4, 0.5) is 4.79 Å². The fourth-order valence-corrected chi connectivity index (χ4v) is 3.23. The fraction of sp³-hybridized carbons (Fsp3) is 0.938. The maximum Gasteiger partial charge on any atom is 0.314 e. The van der Waals surface area contributed by atoms with Gasteiger partial charge in [0.25, 0.3) is 0 Å². The Morgan fingerprint density at radius 3 is 2.76 bits per heavy atom. The van der Waals surface area contributed by atoms with Crippen LogP contribution in [0.5, 0.6) is 0 Å². The molecule has 0 aromatic rings. The second-order valence-corrected chi connectivity index (χ2v) is 6.68. The van der Waals surface area contributed by atoms with Gasteiger partial charge in [-0.2, -0.15) is 0 Å². The summed E-state index contributed by atoms with van der Waals surface area (Å²) in [6, 6.07) is 0.333. The zero-order valence-corrected chi connectivity index (χ0v) is 13.4. The molecule has 1 unspecified atom stereocenters. The van der Waals surface area contributed by atoms with E-state index in [0.29, 0.717) is 19.1 Å². The Hall–Kier alpha value is -0.810. The smallest absolute Gasteiger partial charge is 0.314 e. The lowest BCUT2D eigenvalue weighted by atomic mass is 9.80. The number of carbonyl (C=O) groups is 1. The van der Waals surface area contributed by atoms with Crippen LogP contribution in [0.25, 0.3) is 0 Å². The van der Waals surface area contributed by atoms with Crippen molar-refractivity contribution in [3.05, 3.63) is 0 Å². The van der Waals surface area contributed by atoms with Gasteiger partial charge in [0.1, 0.15) is 0 Å². The maximum atomic E-state index is 11.8. The lowest BCUT2D eigenvalue weighted by molar-refractivity contribution is -0.0290. The molecule has 5 nitrogen and oxygen atoms in total. The molecule has 5 heteroatoms. The highest BCUT2D eigenvalue weighted by Crippen LogP contribution is 2.30. The average Bonchev–Trinajstić information content (AvgIpc) is 2.47. The molecule has 2 fully saturated rings. The first-order chi connectivity index (χ1) is 10.1. The molecule has 1 saturated heterocycles. The number of amides is 2. The van der Waals surface area contributed by atoms with Gasteiger partial charge in [0.2, 0.25) is 0 Å². The molecule has 1 saturated carbocycles. The summed E-state index contributed by atoms with van der Waals surface area (Å²) in [7, 11) is 0. The van der Waals surface area contributed by atoms with Crippen LogP contribution in [-0.4, -0.2) is 53.9 Å². The Morgan fingerprint density at radius 2 is 2.10 bits per heavy atom. The standard InChI is InChI=1S/C16H31N3O2/c1-2-3-10-19-11-5-4-7-14(19)12-17-15(20)18-13-16(21)8-6-9-16/h14,21H,2-13H2,1H3,(H2,17,18,20). The Balaban J connectivity index is 1.66. The number of carbonyl (C=O) groups excluding carboxylic acids is 1. The van der Waals surface area contributed by atoms with Gasteiger partial charge in [0, 0.05) is 19.1 Å². The third kappa shape index (κ3) is 5.15. The second kappa shape index (κ2) is 7.99. The first-order valence-corrected chi connectivity index (χ1v) is 8.61. The minimum absolute atomic E-state index is 0.142. The second-order valence-electron chi connectivity index (χ2n) is 6.68. The van der Waals surface area contributed by atoms with Gasteiger partial charge in [0.05, 0.1) is 5.60 Å². The summed E-state index contributed by atoms with van der Waals surface area (Å²) in [5.74, 6) is 0. The summed E-state index contributed by atoms with van der Waals surface area (Å²) in [5, 5.41) is 15.7. The number of hydrogen-bond donors (Lipinski definition) is 3. The SMILES string of the molecule is CCCCN1CCCCC1CNC(=O)NCC1(O)CCC1. The molecule has 0 aromatic carbocycles. The molecular formula is C16H31N3O2. The number of likely N-dealkylation sites (tertiary alicyclic amines) is 1. The Kier molecular flexibility index (Phi) is 6.30. The van der Waals surface area contributed by atoms with Gasteiger partial charge in [0.15, 0.2) is 0 Å². The van der Waals surface area contributed by atoms with Crippen LogP contribution in [0.1, 0.15) is 58.3 Å². The number of aliphatic hydroxyl groups is 1. The summed E-state index contributed by atoms with van der Waals surface area (Å²) in [6.07, 6.45) is 8.84. The van der Waals surface area contributed by atoms with E-state index in [-0.39, 0.29) is 6.03 Å². The van der Waals surface area contributed by atoms with Gasteiger partial charge in [-0.15, -0.1) is 0 Å². The van der Waals surface area contributed by atoms with Gasteiger partial charge in [-0.3, -0.25) is 4.90 Å². The molecule has 122 valence electrons. The number of rotatable bonds is 7. The van der Waals surface area contributed by atoms with Crippen molar-refractivity contribution in [3.8, 4) is 0 Å². The van der Waals surface area contributed by atoms with Crippen molar-refractivity contribution >= 4 is 6.03 Å². The zero-order chi connectivity index (χ0) is 15.1. The molecule has 0 aromatic heterocycles. The van der Waals surface area contributed by atoms with Gasteiger partial charge < -0.3 is 15.7 Å². The van der Waals surface area contributed by atoms with E-state index in [0.717, 1.165) is 32.4 Å². The van der Waals surface area contributed by atoms with Gasteiger partial charge >= 0.3 is 6.03 Å². The Bertz CT molecular complexity index is 331.